The molecule has 1 aromatic carbocycles. The maximum atomic E-state index is 4.38. The Morgan fingerprint density at radius 1 is 1.29 bits per heavy atom. The van der Waals surface area contributed by atoms with Crippen molar-refractivity contribution < 1.29 is 0 Å². The lowest BCUT2D eigenvalue weighted by Crippen LogP contribution is -1.81. The predicted octanol–water partition coefficient (Wildman–Crippen LogP) is 1.59. The first-order valence-electron chi connectivity index (χ1n) is 4.70. The number of halogens is 1. The van der Waals surface area contributed by atoms with Crippen LogP contribution in [0, 0.1) is 0 Å². The molecule has 0 fully saturated rings. The molecule has 3 aromatic rings. The number of tetrazole rings is 1. The number of nitrogens with zero attached hydrogens (tertiary/aromatic N) is 4. The Morgan fingerprint density at radius 3 is 2.88 bits per heavy atom. The van der Waals surface area contributed by atoms with Crippen LogP contribution in [0.3, 0.4) is 0 Å². The van der Waals surface area contributed by atoms with Gasteiger partial charge >= 0.3 is 0 Å². The van der Waals surface area contributed by atoms with Gasteiger partial charge in [0.2, 0.25) is 5.82 Å². The number of H-pyrrole nitrogens is 2. The predicted molar refractivity (Wildman–Crippen MR) is 69.2 cm³/mol. The van der Waals surface area contributed by atoms with Crippen molar-refractivity contribution in [2.75, 3.05) is 0 Å². The molecule has 8 heteroatoms. The first kappa shape index (κ1) is 11.9. The summed E-state index contributed by atoms with van der Waals surface area (Å²) >= 11 is 4.17. The van der Waals surface area contributed by atoms with Crippen LogP contribution < -0.4 is 0 Å². The smallest absolute Gasteiger partial charge is 0.204 e. The van der Waals surface area contributed by atoms with Crippen LogP contribution in [0.2, 0.25) is 0 Å². The van der Waals surface area contributed by atoms with Crippen LogP contribution in [0.4, 0.5) is 0 Å². The number of hydrogen-bond acceptors (Lipinski definition) is 5. The van der Waals surface area contributed by atoms with E-state index in [2.05, 4.69) is 43.2 Å². The highest BCUT2D eigenvalue weighted by Crippen LogP contribution is 2.19. The molecule has 6 nitrogen and oxygen atoms in total. The summed E-state index contributed by atoms with van der Waals surface area (Å²) in [5.74, 6) is 2.01. The zero-order valence-corrected chi connectivity index (χ0v) is 10.3. The molecule has 0 aliphatic rings. The Morgan fingerprint density at radius 2 is 2.18 bits per heavy atom. The van der Waals surface area contributed by atoms with Crippen molar-refractivity contribution in [1.82, 2.24) is 30.6 Å². The van der Waals surface area contributed by atoms with E-state index in [1.807, 2.05) is 18.2 Å². The second-order valence-electron chi connectivity index (χ2n) is 3.31. The molecule has 0 radical (unpaired) electrons. The minimum Gasteiger partial charge on any atom is -0.341 e. The summed E-state index contributed by atoms with van der Waals surface area (Å²) in [7, 11) is 0. The first-order valence-corrected chi connectivity index (χ1v) is 5.33. The quantitative estimate of drug-likeness (QED) is 0.617. The maximum Gasteiger partial charge on any atom is 0.204 e. The van der Waals surface area contributed by atoms with Crippen molar-refractivity contribution in [3.63, 3.8) is 0 Å². The van der Waals surface area contributed by atoms with Crippen molar-refractivity contribution in [1.29, 1.82) is 0 Å². The van der Waals surface area contributed by atoms with E-state index in [0.29, 0.717) is 11.6 Å². The van der Waals surface area contributed by atoms with Gasteiger partial charge in [0, 0.05) is 11.3 Å². The van der Waals surface area contributed by atoms with E-state index in [-0.39, 0.29) is 12.4 Å². The lowest BCUT2D eigenvalue weighted by Gasteiger charge is -1.92. The summed E-state index contributed by atoms with van der Waals surface area (Å²) in [6, 6.07) is 5.79. The largest absolute Gasteiger partial charge is 0.341 e. The first-order chi connectivity index (χ1) is 7.86. The van der Waals surface area contributed by atoms with Crippen LogP contribution in [0.1, 0.15) is 5.82 Å². The minimum atomic E-state index is 0. The fourth-order valence-electron chi connectivity index (χ4n) is 1.56. The summed E-state index contributed by atoms with van der Waals surface area (Å²) in [6.07, 6.45) is 0. The molecule has 0 spiro atoms. The summed E-state index contributed by atoms with van der Waals surface area (Å²) in [5, 5.41) is 13.8. The molecule has 88 valence electrons. The summed E-state index contributed by atoms with van der Waals surface area (Å²) < 4.78 is 0. The van der Waals surface area contributed by atoms with Gasteiger partial charge in [-0.15, -0.1) is 22.6 Å². The Labute approximate surface area is 108 Å². The van der Waals surface area contributed by atoms with Gasteiger partial charge in [-0.1, -0.05) is 0 Å². The second kappa shape index (κ2) is 4.72. The Balaban J connectivity index is 0.00000108. The van der Waals surface area contributed by atoms with E-state index in [4.69, 9.17) is 0 Å². The van der Waals surface area contributed by atoms with E-state index >= 15 is 0 Å². The number of benzene rings is 1. The lowest BCUT2D eigenvalue weighted by atomic mass is 10.2. The molecule has 3 rings (SSSR count). The number of aromatic nitrogens is 6. The van der Waals surface area contributed by atoms with Gasteiger partial charge in [-0.25, -0.2) is 4.98 Å². The molecule has 2 heterocycles. The van der Waals surface area contributed by atoms with Gasteiger partial charge in [0.05, 0.1) is 11.0 Å². The Bertz CT molecular complexity index is 619. The van der Waals surface area contributed by atoms with Crippen LogP contribution in [0.15, 0.2) is 18.2 Å². The monoisotopic (exact) mass is 268 g/mol. The van der Waals surface area contributed by atoms with Crippen molar-refractivity contribution in [3.8, 4) is 11.4 Å². The minimum absolute atomic E-state index is 0. The fourth-order valence-corrected chi connectivity index (χ4v) is 1.71. The third kappa shape index (κ3) is 2.11. The van der Waals surface area contributed by atoms with Crippen LogP contribution >= 0.6 is 25.0 Å². The zero-order chi connectivity index (χ0) is 11.0. The average Bonchev–Trinajstić information content (AvgIpc) is 2.96. The molecule has 0 aliphatic carbocycles. The van der Waals surface area contributed by atoms with Crippen molar-refractivity contribution in [3.05, 3.63) is 24.0 Å². The summed E-state index contributed by atoms with van der Waals surface area (Å²) in [6.45, 7) is 0. The molecule has 0 saturated carbocycles. The van der Waals surface area contributed by atoms with Gasteiger partial charge in [-0.05, 0) is 23.4 Å². The molecule has 0 unspecified atom stereocenters. The highest BCUT2D eigenvalue weighted by Gasteiger charge is 2.06. The Kier molecular flexibility index (Phi) is 3.30. The molecule has 0 bridgehead atoms. The number of imidazole rings is 1. The highest BCUT2D eigenvalue weighted by molar-refractivity contribution is 7.79. The molecular weight excluding hydrogens is 260 g/mol. The van der Waals surface area contributed by atoms with Crippen LogP contribution in [-0.4, -0.2) is 30.6 Å². The fraction of sp³-hybridized carbons (Fsp3) is 0.111. The third-order valence-corrected chi connectivity index (χ3v) is 2.58. The summed E-state index contributed by atoms with van der Waals surface area (Å²) in [5.41, 5.74) is 2.75. The standard InChI is InChI=1S/C9H8N6S.ClH/c16-4-8-10-6-2-1-5(3-7(6)11-8)9-12-14-15-13-9;/h1-3,16H,4H2,(H,10,11)(H,12,13,14,15);1H. The van der Waals surface area contributed by atoms with E-state index in [1.165, 1.54) is 0 Å². The van der Waals surface area contributed by atoms with Gasteiger partial charge < -0.3 is 4.98 Å². The zero-order valence-electron chi connectivity index (χ0n) is 8.58. The number of hydrogen-bond donors (Lipinski definition) is 3. The summed E-state index contributed by atoms with van der Waals surface area (Å²) in [4.78, 5) is 7.55. The van der Waals surface area contributed by atoms with Gasteiger partial charge in [-0.3, -0.25) is 0 Å². The average molecular weight is 269 g/mol. The van der Waals surface area contributed by atoms with Crippen LogP contribution in [0.25, 0.3) is 22.4 Å². The van der Waals surface area contributed by atoms with Crippen molar-refractivity contribution >= 4 is 36.1 Å². The van der Waals surface area contributed by atoms with Gasteiger partial charge in [0.15, 0.2) is 0 Å². The molecule has 2 aromatic heterocycles. The Hall–Kier alpha value is -1.60. The number of fused-ring (bicyclic) bond motifs is 1. The maximum absolute atomic E-state index is 4.38. The van der Waals surface area contributed by atoms with Gasteiger partial charge in [-0.2, -0.15) is 17.8 Å². The van der Waals surface area contributed by atoms with Crippen LogP contribution in [-0.2, 0) is 5.75 Å². The van der Waals surface area contributed by atoms with Gasteiger partial charge in [0.1, 0.15) is 5.82 Å². The molecule has 17 heavy (non-hydrogen) atoms. The third-order valence-electron chi connectivity index (χ3n) is 2.29. The number of nitrogens with one attached hydrogen (secondary N) is 2. The molecule has 0 atom stereocenters. The van der Waals surface area contributed by atoms with Gasteiger partial charge in [0.25, 0.3) is 0 Å². The van der Waals surface area contributed by atoms with Crippen molar-refractivity contribution in [2.24, 2.45) is 0 Å². The lowest BCUT2D eigenvalue weighted by molar-refractivity contribution is 0.881. The molecule has 0 aliphatic heterocycles. The second-order valence-corrected chi connectivity index (χ2v) is 3.63. The van der Waals surface area contributed by atoms with E-state index in [1.54, 1.807) is 0 Å². The van der Waals surface area contributed by atoms with E-state index in [0.717, 1.165) is 22.4 Å². The molecule has 0 saturated heterocycles. The SMILES string of the molecule is Cl.SCc1nc2cc(-c3nn[nH]n3)ccc2[nH]1. The molecule has 2 N–H and O–H groups in total. The number of rotatable bonds is 2. The number of thiol groups is 1. The molecular formula is C9H9ClN6S. The normalized spacial score (nSPS) is 10.4. The van der Waals surface area contributed by atoms with Crippen LogP contribution in [0.5, 0.6) is 0 Å². The van der Waals surface area contributed by atoms with Crippen molar-refractivity contribution in [2.45, 2.75) is 5.75 Å². The topological polar surface area (TPSA) is 83.1 Å². The number of aromatic amines is 2. The van der Waals surface area contributed by atoms with E-state index < -0.39 is 0 Å². The van der Waals surface area contributed by atoms with E-state index in [9.17, 15) is 0 Å². The molecule has 0 amide bonds. The highest BCUT2D eigenvalue weighted by atomic mass is 35.5.